The summed E-state index contributed by atoms with van der Waals surface area (Å²) >= 11 is 0. The number of hydrogen-bond donors (Lipinski definition) is 0. The first-order chi connectivity index (χ1) is 6.51. The second kappa shape index (κ2) is 4.01. The molecule has 0 unspecified atom stereocenters. The standard InChI is InChI=1S/C12H18O2/c1-9-6-7-10(8-11(9)13-4)12(2,3)14-5/h6-8H,1-5H3. The van der Waals surface area contributed by atoms with Crippen molar-refractivity contribution >= 4 is 0 Å². The van der Waals surface area contributed by atoms with E-state index in [-0.39, 0.29) is 5.60 Å². The molecule has 0 radical (unpaired) electrons. The van der Waals surface area contributed by atoms with E-state index in [1.54, 1.807) is 14.2 Å². The first-order valence-electron chi connectivity index (χ1n) is 4.71. The van der Waals surface area contributed by atoms with Gasteiger partial charge in [0.15, 0.2) is 0 Å². The van der Waals surface area contributed by atoms with Gasteiger partial charge in [0, 0.05) is 7.11 Å². The molecular formula is C12H18O2. The molecule has 78 valence electrons. The summed E-state index contributed by atoms with van der Waals surface area (Å²) in [6, 6.07) is 6.15. The van der Waals surface area contributed by atoms with Crippen LogP contribution in [0.2, 0.25) is 0 Å². The van der Waals surface area contributed by atoms with Crippen molar-refractivity contribution in [3.05, 3.63) is 29.3 Å². The average molecular weight is 194 g/mol. The van der Waals surface area contributed by atoms with Gasteiger partial charge in [-0.3, -0.25) is 0 Å². The summed E-state index contributed by atoms with van der Waals surface area (Å²) in [6.07, 6.45) is 0. The molecule has 0 amide bonds. The molecular weight excluding hydrogens is 176 g/mol. The summed E-state index contributed by atoms with van der Waals surface area (Å²) in [4.78, 5) is 0. The predicted molar refractivity (Wildman–Crippen MR) is 57.8 cm³/mol. The van der Waals surface area contributed by atoms with Gasteiger partial charge in [-0.1, -0.05) is 12.1 Å². The maximum atomic E-state index is 5.41. The van der Waals surface area contributed by atoms with Crippen molar-refractivity contribution in [2.45, 2.75) is 26.4 Å². The lowest BCUT2D eigenvalue weighted by atomic mass is 9.96. The molecule has 0 atom stereocenters. The van der Waals surface area contributed by atoms with Crippen molar-refractivity contribution in [2.24, 2.45) is 0 Å². The molecule has 1 aromatic rings. The predicted octanol–water partition coefficient (Wildman–Crippen LogP) is 2.89. The van der Waals surface area contributed by atoms with Crippen molar-refractivity contribution in [3.63, 3.8) is 0 Å². The molecule has 0 spiro atoms. The molecule has 2 heteroatoms. The van der Waals surface area contributed by atoms with Crippen LogP contribution in [-0.4, -0.2) is 14.2 Å². The fourth-order valence-electron chi connectivity index (χ4n) is 1.31. The van der Waals surface area contributed by atoms with Crippen molar-refractivity contribution in [1.29, 1.82) is 0 Å². The van der Waals surface area contributed by atoms with E-state index in [0.29, 0.717) is 0 Å². The van der Waals surface area contributed by atoms with Crippen molar-refractivity contribution < 1.29 is 9.47 Å². The van der Waals surface area contributed by atoms with Gasteiger partial charge >= 0.3 is 0 Å². The minimum Gasteiger partial charge on any atom is -0.496 e. The molecule has 0 aliphatic heterocycles. The van der Waals surface area contributed by atoms with Crippen molar-refractivity contribution in [1.82, 2.24) is 0 Å². The summed E-state index contributed by atoms with van der Waals surface area (Å²) in [5, 5.41) is 0. The summed E-state index contributed by atoms with van der Waals surface area (Å²) < 4.78 is 10.7. The van der Waals surface area contributed by atoms with Gasteiger partial charge in [0.25, 0.3) is 0 Å². The summed E-state index contributed by atoms with van der Waals surface area (Å²) in [5.41, 5.74) is 2.01. The van der Waals surface area contributed by atoms with Gasteiger partial charge in [0.05, 0.1) is 12.7 Å². The van der Waals surface area contributed by atoms with Gasteiger partial charge in [0.1, 0.15) is 5.75 Å². The third-order valence-electron chi connectivity index (χ3n) is 2.61. The lowest BCUT2D eigenvalue weighted by molar-refractivity contribution is 0.0190. The van der Waals surface area contributed by atoms with E-state index in [0.717, 1.165) is 16.9 Å². The molecule has 0 saturated heterocycles. The second-order valence-corrected chi connectivity index (χ2v) is 3.90. The molecule has 1 rings (SSSR count). The number of rotatable bonds is 3. The minimum atomic E-state index is -0.263. The Kier molecular flexibility index (Phi) is 3.17. The van der Waals surface area contributed by atoms with Crippen molar-refractivity contribution in [2.75, 3.05) is 14.2 Å². The number of ether oxygens (including phenoxy) is 2. The first kappa shape index (κ1) is 11.1. The van der Waals surface area contributed by atoms with Gasteiger partial charge in [0.2, 0.25) is 0 Å². The topological polar surface area (TPSA) is 18.5 Å². The van der Waals surface area contributed by atoms with Crippen LogP contribution in [0.15, 0.2) is 18.2 Å². The first-order valence-corrected chi connectivity index (χ1v) is 4.71. The van der Waals surface area contributed by atoms with E-state index in [1.165, 1.54) is 0 Å². The number of aryl methyl sites for hydroxylation is 1. The molecule has 0 N–H and O–H groups in total. The fourth-order valence-corrected chi connectivity index (χ4v) is 1.31. The molecule has 0 aliphatic carbocycles. The molecule has 0 aromatic heterocycles. The van der Waals surface area contributed by atoms with E-state index >= 15 is 0 Å². The largest absolute Gasteiger partial charge is 0.496 e. The highest BCUT2D eigenvalue weighted by molar-refractivity contribution is 5.38. The Morgan fingerprint density at radius 2 is 1.79 bits per heavy atom. The van der Waals surface area contributed by atoms with Crippen LogP contribution in [0.3, 0.4) is 0 Å². The van der Waals surface area contributed by atoms with Crippen LogP contribution in [0, 0.1) is 6.92 Å². The van der Waals surface area contributed by atoms with Gasteiger partial charge in [-0.25, -0.2) is 0 Å². The number of benzene rings is 1. The van der Waals surface area contributed by atoms with Crippen LogP contribution in [0.4, 0.5) is 0 Å². The lowest BCUT2D eigenvalue weighted by Crippen LogP contribution is -2.19. The zero-order valence-electron chi connectivity index (χ0n) is 9.55. The summed E-state index contributed by atoms with van der Waals surface area (Å²) in [6.45, 7) is 6.11. The number of methoxy groups -OCH3 is 2. The zero-order valence-corrected chi connectivity index (χ0v) is 9.55. The Morgan fingerprint density at radius 3 is 2.29 bits per heavy atom. The van der Waals surface area contributed by atoms with Crippen LogP contribution in [0.5, 0.6) is 5.75 Å². The highest BCUT2D eigenvalue weighted by Gasteiger charge is 2.20. The van der Waals surface area contributed by atoms with E-state index in [4.69, 9.17) is 9.47 Å². The average Bonchev–Trinajstić information content (AvgIpc) is 2.18. The van der Waals surface area contributed by atoms with Crippen LogP contribution < -0.4 is 4.74 Å². The van der Waals surface area contributed by atoms with E-state index in [9.17, 15) is 0 Å². The van der Waals surface area contributed by atoms with E-state index in [2.05, 4.69) is 12.1 Å². The van der Waals surface area contributed by atoms with Crippen LogP contribution in [-0.2, 0) is 10.3 Å². The maximum absolute atomic E-state index is 5.41. The SMILES string of the molecule is COc1cc(C(C)(C)OC)ccc1C. The smallest absolute Gasteiger partial charge is 0.122 e. The molecule has 1 aromatic carbocycles. The van der Waals surface area contributed by atoms with Gasteiger partial charge in [-0.05, 0) is 38.0 Å². The second-order valence-electron chi connectivity index (χ2n) is 3.90. The van der Waals surface area contributed by atoms with Gasteiger partial charge in [-0.15, -0.1) is 0 Å². The number of hydrogen-bond acceptors (Lipinski definition) is 2. The van der Waals surface area contributed by atoms with Crippen LogP contribution in [0.25, 0.3) is 0 Å². The molecule has 0 saturated carbocycles. The van der Waals surface area contributed by atoms with Gasteiger partial charge < -0.3 is 9.47 Å². The highest BCUT2D eigenvalue weighted by atomic mass is 16.5. The Bertz CT molecular complexity index is 316. The van der Waals surface area contributed by atoms with E-state index < -0.39 is 0 Å². The zero-order chi connectivity index (χ0) is 10.8. The maximum Gasteiger partial charge on any atom is 0.122 e. The third kappa shape index (κ3) is 2.07. The molecule has 0 bridgehead atoms. The van der Waals surface area contributed by atoms with Crippen LogP contribution in [0.1, 0.15) is 25.0 Å². The van der Waals surface area contributed by atoms with Gasteiger partial charge in [-0.2, -0.15) is 0 Å². The normalized spacial score (nSPS) is 11.5. The van der Waals surface area contributed by atoms with E-state index in [1.807, 2.05) is 26.8 Å². The Balaban J connectivity index is 3.12. The quantitative estimate of drug-likeness (QED) is 0.736. The highest BCUT2D eigenvalue weighted by Crippen LogP contribution is 2.28. The van der Waals surface area contributed by atoms with Crippen LogP contribution >= 0.6 is 0 Å². The molecule has 14 heavy (non-hydrogen) atoms. The Hall–Kier alpha value is -1.02. The molecule has 2 nitrogen and oxygen atoms in total. The Labute approximate surface area is 85.8 Å². The Morgan fingerprint density at radius 1 is 1.14 bits per heavy atom. The summed E-state index contributed by atoms with van der Waals surface area (Å²) in [5.74, 6) is 0.910. The molecule has 0 heterocycles. The lowest BCUT2D eigenvalue weighted by Gasteiger charge is -2.24. The monoisotopic (exact) mass is 194 g/mol. The third-order valence-corrected chi connectivity index (χ3v) is 2.61. The molecule has 0 aliphatic rings. The fraction of sp³-hybridized carbons (Fsp3) is 0.500. The minimum absolute atomic E-state index is 0.263. The molecule has 0 fully saturated rings. The van der Waals surface area contributed by atoms with Crippen molar-refractivity contribution in [3.8, 4) is 5.75 Å². The summed E-state index contributed by atoms with van der Waals surface area (Å²) in [7, 11) is 3.40.